The van der Waals surface area contributed by atoms with Crippen molar-refractivity contribution in [2.24, 2.45) is 0 Å². The number of amides is 2. The van der Waals surface area contributed by atoms with E-state index in [1.807, 2.05) is 13.8 Å². The van der Waals surface area contributed by atoms with Crippen LogP contribution in [0.3, 0.4) is 0 Å². The number of rotatable bonds is 6. The highest BCUT2D eigenvalue weighted by atomic mass is 19.1. The van der Waals surface area contributed by atoms with Crippen molar-refractivity contribution in [2.45, 2.75) is 26.9 Å². The first-order valence-electron chi connectivity index (χ1n) is 7.96. The maximum absolute atomic E-state index is 12.9. The highest BCUT2D eigenvalue weighted by Crippen LogP contribution is 2.29. The van der Waals surface area contributed by atoms with Crippen LogP contribution in [0.5, 0.6) is 5.75 Å². The van der Waals surface area contributed by atoms with E-state index in [9.17, 15) is 14.0 Å². The number of para-hydroxylation sites is 2. The van der Waals surface area contributed by atoms with E-state index in [0.29, 0.717) is 17.1 Å². The largest absolute Gasteiger partial charge is 0.489 e. The van der Waals surface area contributed by atoms with Crippen LogP contribution in [0.4, 0.5) is 15.8 Å². The van der Waals surface area contributed by atoms with Gasteiger partial charge in [0, 0.05) is 12.6 Å². The second kappa shape index (κ2) is 8.28. The molecule has 0 heterocycles. The molecule has 2 amide bonds. The average Bonchev–Trinajstić information content (AvgIpc) is 2.55. The molecule has 0 atom stereocenters. The number of halogens is 1. The van der Waals surface area contributed by atoms with Crippen LogP contribution in [0.1, 0.15) is 20.8 Å². The number of benzene rings is 2. The molecule has 0 bridgehead atoms. The van der Waals surface area contributed by atoms with Gasteiger partial charge in [-0.15, -0.1) is 0 Å². The Morgan fingerprint density at radius 1 is 1.12 bits per heavy atom. The molecule has 0 fully saturated rings. The summed E-state index contributed by atoms with van der Waals surface area (Å²) in [5.74, 6) is -0.527. The molecule has 2 aromatic rings. The number of hydrogen-bond acceptors (Lipinski definition) is 3. The molecule has 1 N–H and O–H groups in total. The van der Waals surface area contributed by atoms with Gasteiger partial charge in [-0.25, -0.2) is 4.39 Å². The Balaban J connectivity index is 2.17. The smallest absolute Gasteiger partial charge is 0.244 e. The van der Waals surface area contributed by atoms with Gasteiger partial charge in [0.15, 0.2) is 0 Å². The van der Waals surface area contributed by atoms with Gasteiger partial charge in [-0.2, -0.15) is 0 Å². The molecule has 2 aromatic carbocycles. The Hall–Kier alpha value is -2.89. The van der Waals surface area contributed by atoms with Crippen LogP contribution in [-0.4, -0.2) is 24.5 Å². The van der Waals surface area contributed by atoms with E-state index in [1.165, 1.54) is 36.1 Å². The van der Waals surface area contributed by atoms with Crippen molar-refractivity contribution in [3.05, 3.63) is 54.3 Å². The van der Waals surface area contributed by atoms with Gasteiger partial charge in [-0.1, -0.05) is 12.1 Å². The molecule has 0 spiro atoms. The second-order valence-corrected chi connectivity index (χ2v) is 5.79. The van der Waals surface area contributed by atoms with Crippen molar-refractivity contribution in [3.8, 4) is 5.75 Å². The van der Waals surface area contributed by atoms with E-state index < -0.39 is 0 Å². The fourth-order valence-corrected chi connectivity index (χ4v) is 2.28. The summed E-state index contributed by atoms with van der Waals surface area (Å²) in [6.45, 7) is 4.98. The lowest BCUT2D eigenvalue weighted by atomic mass is 10.2. The van der Waals surface area contributed by atoms with Crippen LogP contribution in [0.15, 0.2) is 48.5 Å². The van der Waals surface area contributed by atoms with Crippen LogP contribution >= 0.6 is 0 Å². The number of hydrogen-bond donors (Lipinski definition) is 1. The lowest BCUT2D eigenvalue weighted by Gasteiger charge is -2.24. The van der Waals surface area contributed by atoms with Crippen LogP contribution in [0.2, 0.25) is 0 Å². The zero-order chi connectivity index (χ0) is 18.4. The van der Waals surface area contributed by atoms with Crippen molar-refractivity contribution in [2.75, 3.05) is 16.8 Å². The molecule has 0 aliphatic heterocycles. The maximum atomic E-state index is 12.9. The third kappa shape index (κ3) is 5.31. The first kappa shape index (κ1) is 18.4. The normalized spacial score (nSPS) is 10.4. The monoisotopic (exact) mass is 344 g/mol. The fourth-order valence-electron chi connectivity index (χ4n) is 2.28. The highest BCUT2D eigenvalue weighted by Gasteiger charge is 2.20. The molecule has 0 radical (unpaired) electrons. The minimum Gasteiger partial charge on any atom is -0.489 e. The van der Waals surface area contributed by atoms with Gasteiger partial charge < -0.3 is 10.1 Å². The van der Waals surface area contributed by atoms with E-state index in [0.717, 1.165) is 0 Å². The first-order chi connectivity index (χ1) is 11.9. The third-order valence-corrected chi connectivity index (χ3v) is 3.33. The fraction of sp³-hybridized carbons (Fsp3) is 0.263. The lowest BCUT2D eigenvalue weighted by Crippen LogP contribution is -2.37. The molecule has 132 valence electrons. The van der Waals surface area contributed by atoms with Crippen LogP contribution in [-0.2, 0) is 9.59 Å². The minimum absolute atomic E-state index is 0.0667. The van der Waals surface area contributed by atoms with Crippen molar-refractivity contribution in [1.82, 2.24) is 0 Å². The summed E-state index contributed by atoms with van der Waals surface area (Å²) < 4.78 is 18.7. The molecular weight excluding hydrogens is 323 g/mol. The summed E-state index contributed by atoms with van der Waals surface area (Å²) in [5.41, 5.74) is 0.986. The summed E-state index contributed by atoms with van der Waals surface area (Å²) in [7, 11) is 0. The topological polar surface area (TPSA) is 58.6 Å². The Bertz CT molecular complexity index is 745. The quantitative estimate of drug-likeness (QED) is 0.871. The van der Waals surface area contributed by atoms with Crippen molar-refractivity contribution in [3.63, 3.8) is 0 Å². The molecule has 0 aliphatic rings. The first-order valence-corrected chi connectivity index (χ1v) is 7.96. The maximum Gasteiger partial charge on any atom is 0.244 e. The molecule has 0 saturated heterocycles. The molecule has 0 saturated carbocycles. The van der Waals surface area contributed by atoms with Crippen LogP contribution in [0, 0.1) is 5.82 Å². The van der Waals surface area contributed by atoms with Gasteiger partial charge in [0.2, 0.25) is 11.8 Å². The van der Waals surface area contributed by atoms with Gasteiger partial charge in [0.05, 0.1) is 11.8 Å². The SMILES string of the molecule is CC(=O)N(CC(=O)Nc1ccc(F)cc1)c1ccccc1OC(C)C. The van der Waals surface area contributed by atoms with Gasteiger partial charge >= 0.3 is 0 Å². The number of nitrogens with zero attached hydrogens (tertiary/aromatic N) is 1. The predicted octanol–water partition coefficient (Wildman–Crippen LogP) is 3.60. The Morgan fingerprint density at radius 2 is 1.76 bits per heavy atom. The number of anilines is 2. The summed E-state index contributed by atoms with van der Waals surface area (Å²) in [5, 5.41) is 2.64. The summed E-state index contributed by atoms with van der Waals surface area (Å²) in [6.07, 6.45) is -0.0667. The van der Waals surface area contributed by atoms with Crippen LogP contribution < -0.4 is 15.0 Å². The van der Waals surface area contributed by atoms with E-state index in [-0.39, 0.29) is 30.3 Å². The van der Waals surface area contributed by atoms with Crippen molar-refractivity contribution < 1.29 is 18.7 Å². The van der Waals surface area contributed by atoms with E-state index >= 15 is 0 Å². The third-order valence-electron chi connectivity index (χ3n) is 3.33. The predicted molar refractivity (Wildman–Crippen MR) is 95.3 cm³/mol. The molecule has 2 rings (SSSR count). The van der Waals surface area contributed by atoms with Crippen molar-refractivity contribution in [1.29, 1.82) is 0 Å². The minimum atomic E-state index is -0.388. The lowest BCUT2D eigenvalue weighted by molar-refractivity contribution is -0.120. The van der Waals surface area contributed by atoms with E-state index in [2.05, 4.69) is 5.32 Å². The Kier molecular flexibility index (Phi) is 6.11. The van der Waals surface area contributed by atoms with Crippen molar-refractivity contribution >= 4 is 23.2 Å². The Labute approximate surface area is 146 Å². The van der Waals surface area contributed by atoms with Crippen LogP contribution in [0.25, 0.3) is 0 Å². The molecule has 5 nitrogen and oxygen atoms in total. The number of carbonyl (C=O) groups is 2. The number of carbonyl (C=O) groups excluding carboxylic acids is 2. The van der Waals surface area contributed by atoms with E-state index in [4.69, 9.17) is 4.74 Å². The number of nitrogens with one attached hydrogen (secondary N) is 1. The van der Waals surface area contributed by atoms with Gasteiger partial charge in [-0.3, -0.25) is 14.5 Å². The average molecular weight is 344 g/mol. The molecular formula is C19H21FN2O3. The highest BCUT2D eigenvalue weighted by molar-refractivity contribution is 6.02. The van der Waals surface area contributed by atoms with Gasteiger partial charge in [0.25, 0.3) is 0 Å². The Morgan fingerprint density at radius 3 is 2.36 bits per heavy atom. The molecule has 0 aromatic heterocycles. The molecule has 0 aliphatic carbocycles. The summed E-state index contributed by atoms with van der Waals surface area (Å²) in [4.78, 5) is 25.7. The van der Waals surface area contributed by atoms with Gasteiger partial charge in [0.1, 0.15) is 18.1 Å². The second-order valence-electron chi connectivity index (χ2n) is 5.79. The summed E-state index contributed by atoms with van der Waals surface area (Å²) >= 11 is 0. The zero-order valence-corrected chi connectivity index (χ0v) is 14.5. The van der Waals surface area contributed by atoms with Gasteiger partial charge in [-0.05, 0) is 50.2 Å². The zero-order valence-electron chi connectivity index (χ0n) is 14.5. The molecule has 25 heavy (non-hydrogen) atoms. The molecule has 0 unspecified atom stereocenters. The van der Waals surface area contributed by atoms with E-state index in [1.54, 1.807) is 24.3 Å². The standard InChI is InChI=1S/C19H21FN2O3/c1-13(2)25-18-7-5-4-6-17(18)22(14(3)23)12-19(24)21-16-10-8-15(20)9-11-16/h4-11,13H,12H2,1-3H3,(H,21,24). The molecule has 6 heteroatoms. The number of ether oxygens (including phenoxy) is 1. The summed E-state index contributed by atoms with van der Waals surface area (Å²) in [6, 6.07) is 12.5.